The summed E-state index contributed by atoms with van der Waals surface area (Å²) in [5.74, 6) is 0.645. The quantitative estimate of drug-likeness (QED) is 0.841. The van der Waals surface area contributed by atoms with E-state index in [1.807, 2.05) is 40.0 Å². The van der Waals surface area contributed by atoms with Crippen LogP contribution in [0.1, 0.15) is 59.1 Å². The van der Waals surface area contributed by atoms with Crippen LogP contribution >= 0.6 is 0 Å². The van der Waals surface area contributed by atoms with E-state index in [1.54, 1.807) is 4.90 Å². The average molecular weight is 319 g/mol. The Morgan fingerprint density at radius 2 is 2.13 bits per heavy atom. The van der Waals surface area contributed by atoms with Gasteiger partial charge in [0.15, 0.2) is 0 Å². The molecule has 1 amide bonds. The van der Waals surface area contributed by atoms with E-state index in [0.29, 0.717) is 18.4 Å². The first-order chi connectivity index (χ1) is 10.9. The molecule has 1 aliphatic rings. The number of pyridine rings is 1. The first-order valence-corrected chi connectivity index (χ1v) is 8.56. The third-order valence-electron chi connectivity index (χ3n) is 4.13. The van der Waals surface area contributed by atoms with Gasteiger partial charge in [-0.25, -0.2) is 9.78 Å². The van der Waals surface area contributed by atoms with Crippen molar-refractivity contribution >= 4 is 11.9 Å². The van der Waals surface area contributed by atoms with Crippen LogP contribution in [0.4, 0.5) is 10.6 Å². The van der Waals surface area contributed by atoms with Crippen LogP contribution in [0.5, 0.6) is 0 Å². The summed E-state index contributed by atoms with van der Waals surface area (Å²) < 4.78 is 5.45. The maximum atomic E-state index is 12.3. The Bertz CT molecular complexity index is 522. The molecule has 128 valence electrons. The van der Waals surface area contributed by atoms with Crippen LogP contribution < -0.4 is 4.90 Å². The average Bonchev–Trinajstić information content (AvgIpc) is 2.95. The van der Waals surface area contributed by atoms with E-state index < -0.39 is 5.60 Å². The molecular formula is C18H29N3O2. The standard InChI is InChI=1S/C18H29N3O2/c1-6-20-12-8-9-15(20)14-10-11-16(19-13-14)21(7-2)17(22)23-18(3,4)5/h10-11,13,15H,6-9,12H2,1-5H3. The number of aromatic nitrogens is 1. The number of hydrogen-bond donors (Lipinski definition) is 0. The Morgan fingerprint density at radius 1 is 1.39 bits per heavy atom. The zero-order valence-electron chi connectivity index (χ0n) is 15.0. The second-order valence-electron chi connectivity index (χ2n) is 6.96. The highest BCUT2D eigenvalue weighted by molar-refractivity contribution is 5.86. The van der Waals surface area contributed by atoms with E-state index in [4.69, 9.17) is 4.74 Å². The van der Waals surface area contributed by atoms with Crippen molar-refractivity contribution in [1.82, 2.24) is 9.88 Å². The number of anilines is 1. The molecule has 5 heteroatoms. The molecule has 0 saturated carbocycles. The van der Waals surface area contributed by atoms with Crippen LogP contribution in [0.25, 0.3) is 0 Å². The van der Waals surface area contributed by atoms with Crippen molar-refractivity contribution < 1.29 is 9.53 Å². The van der Waals surface area contributed by atoms with Gasteiger partial charge in [0.25, 0.3) is 0 Å². The zero-order valence-corrected chi connectivity index (χ0v) is 15.0. The highest BCUT2D eigenvalue weighted by Gasteiger charge is 2.26. The third kappa shape index (κ3) is 4.44. The zero-order chi connectivity index (χ0) is 17.0. The number of rotatable bonds is 4. The molecule has 0 aromatic carbocycles. The fraction of sp³-hybridized carbons (Fsp3) is 0.667. The Balaban J connectivity index is 2.12. The fourth-order valence-corrected chi connectivity index (χ4v) is 3.04. The highest BCUT2D eigenvalue weighted by atomic mass is 16.6. The minimum absolute atomic E-state index is 0.351. The van der Waals surface area contributed by atoms with Crippen LogP contribution in [0.15, 0.2) is 18.3 Å². The molecule has 0 aliphatic carbocycles. The minimum atomic E-state index is -0.504. The monoisotopic (exact) mass is 319 g/mol. The number of nitrogens with zero attached hydrogens (tertiary/aromatic N) is 3. The van der Waals surface area contributed by atoms with Crippen LogP contribution in [-0.2, 0) is 4.74 Å². The fourth-order valence-electron chi connectivity index (χ4n) is 3.04. The van der Waals surface area contributed by atoms with E-state index in [1.165, 1.54) is 18.4 Å². The number of carbonyl (C=O) groups is 1. The molecule has 1 aromatic heterocycles. The van der Waals surface area contributed by atoms with Gasteiger partial charge in [0.05, 0.1) is 0 Å². The summed E-state index contributed by atoms with van der Waals surface area (Å²) in [6.45, 7) is 12.5. The minimum Gasteiger partial charge on any atom is -0.443 e. The molecule has 0 bridgehead atoms. The molecular weight excluding hydrogens is 290 g/mol. The van der Waals surface area contributed by atoms with Crippen molar-refractivity contribution in [3.05, 3.63) is 23.9 Å². The van der Waals surface area contributed by atoms with Crippen molar-refractivity contribution in [1.29, 1.82) is 0 Å². The summed E-state index contributed by atoms with van der Waals surface area (Å²) in [4.78, 5) is 20.8. The predicted molar refractivity (Wildman–Crippen MR) is 92.7 cm³/mol. The van der Waals surface area contributed by atoms with Crippen molar-refractivity contribution in [2.24, 2.45) is 0 Å². The highest BCUT2D eigenvalue weighted by Crippen LogP contribution is 2.31. The summed E-state index contributed by atoms with van der Waals surface area (Å²) in [5.41, 5.74) is 0.726. The van der Waals surface area contributed by atoms with E-state index in [0.717, 1.165) is 13.1 Å². The van der Waals surface area contributed by atoms with Gasteiger partial charge in [-0.05, 0) is 65.3 Å². The van der Waals surface area contributed by atoms with E-state index >= 15 is 0 Å². The Hall–Kier alpha value is -1.62. The van der Waals surface area contributed by atoms with Crippen LogP contribution in [-0.4, -0.2) is 41.2 Å². The van der Waals surface area contributed by atoms with Gasteiger partial charge in [-0.2, -0.15) is 0 Å². The Kier molecular flexibility index (Phi) is 5.63. The van der Waals surface area contributed by atoms with Gasteiger partial charge in [0, 0.05) is 18.8 Å². The lowest BCUT2D eigenvalue weighted by atomic mass is 10.1. The number of carbonyl (C=O) groups excluding carboxylic acids is 1. The Labute approximate surface area is 139 Å². The molecule has 23 heavy (non-hydrogen) atoms. The van der Waals surface area contributed by atoms with Crippen molar-refractivity contribution in [2.75, 3.05) is 24.5 Å². The van der Waals surface area contributed by atoms with Gasteiger partial charge in [-0.1, -0.05) is 13.0 Å². The first kappa shape index (κ1) is 17.7. The first-order valence-electron chi connectivity index (χ1n) is 8.56. The summed E-state index contributed by atoms with van der Waals surface area (Å²) in [6.07, 6.45) is 3.97. The molecule has 2 rings (SSSR count). The van der Waals surface area contributed by atoms with E-state index in [9.17, 15) is 4.79 Å². The molecule has 1 fully saturated rings. The number of likely N-dealkylation sites (tertiary alicyclic amines) is 1. The summed E-state index contributed by atoms with van der Waals surface area (Å²) in [6, 6.07) is 4.47. The van der Waals surface area contributed by atoms with Gasteiger partial charge >= 0.3 is 6.09 Å². The maximum absolute atomic E-state index is 12.3. The molecule has 0 N–H and O–H groups in total. The van der Waals surface area contributed by atoms with E-state index in [2.05, 4.69) is 22.9 Å². The summed E-state index contributed by atoms with van der Waals surface area (Å²) in [5, 5.41) is 0. The molecule has 1 unspecified atom stereocenters. The van der Waals surface area contributed by atoms with Crippen LogP contribution in [0.2, 0.25) is 0 Å². The number of amides is 1. The molecule has 2 heterocycles. The second kappa shape index (κ2) is 7.30. The normalized spacial score (nSPS) is 18.9. The van der Waals surface area contributed by atoms with Crippen molar-refractivity contribution in [3.63, 3.8) is 0 Å². The number of hydrogen-bond acceptors (Lipinski definition) is 4. The SMILES string of the molecule is CCN(C(=O)OC(C)(C)C)c1ccc(C2CCCN2CC)cn1. The lowest BCUT2D eigenvalue weighted by Crippen LogP contribution is -2.37. The van der Waals surface area contributed by atoms with Gasteiger partial charge < -0.3 is 4.74 Å². The van der Waals surface area contributed by atoms with Gasteiger partial charge in [0.2, 0.25) is 0 Å². The number of ether oxygens (including phenoxy) is 1. The van der Waals surface area contributed by atoms with Crippen molar-refractivity contribution in [3.8, 4) is 0 Å². The van der Waals surface area contributed by atoms with Crippen molar-refractivity contribution in [2.45, 2.75) is 59.1 Å². The summed E-state index contributed by atoms with van der Waals surface area (Å²) >= 11 is 0. The second-order valence-corrected chi connectivity index (χ2v) is 6.96. The molecule has 1 saturated heterocycles. The lowest BCUT2D eigenvalue weighted by Gasteiger charge is -2.26. The van der Waals surface area contributed by atoms with Crippen LogP contribution in [0, 0.1) is 0 Å². The molecule has 0 spiro atoms. The van der Waals surface area contributed by atoms with Gasteiger partial charge in [-0.15, -0.1) is 0 Å². The third-order valence-corrected chi connectivity index (χ3v) is 4.13. The molecule has 5 nitrogen and oxygen atoms in total. The molecule has 0 radical (unpaired) electrons. The molecule has 1 aliphatic heterocycles. The predicted octanol–water partition coefficient (Wildman–Crippen LogP) is 4.00. The summed E-state index contributed by atoms with van der Waals surface area (Å²) in [7, 11) is 0. The smallest absolute Gasteiger partial charge is 0.415 e. The van der Waals surface area contributed by atoms with Crippen LogP contribution in [0.3, 0.4) is 0 Å². The van der Waals surface area contributed by atoms with Gasteiger partial charge in [0.1, 0.15) is 11.4 Å². The molecule has 1 aromatic rings. The Morgan fingerprint density at radius 3 is 2.65 bits per heavy atom. The molecule has 1 atom stereocenters. The largest absolute Gasteiger partial charge is 0.443 e. The van der Waals surface area contributed by atoms with Gasteiger partial charge in [-0.3, -0.25) is 9.80 Å². The lowest BCUT2D eigenvalue weighted by molar-refractivity contribution is 0.0581. The maximum Gasteiger partial charge on any atom is 0.415 e. The van der Waals surface area contributed by atoms with E-state index in [-0.39, 0.29) is 6.09 Å². The topological polar surface area (TPSA) is 45.7 Å².